The lowest BCUT2D eigenvalue weighted by atomic mass is 10.2. The number of hydrogen-bond acceptors (Lipinski definition) is 5. The minimum Gasteiger partial charge on any atom is -0.484 e. The van der Waals surface area contributed by atoms with Crippen LogP contribution in [0.5, 0.6) is 5.75 Å². The Bertz CT molecular complexity index is 986. The molecule has 8 heteroatoms. The van der Waals surface area contributed by atoms with E-state index in [4.69, 9.17) is 16.3 Å². The van der Waals surface area contributed by atoms with Crippen LogP contribution < -0.4 is 4.74 Å². The molecule has 0 unspecified atom stereocenters. The Hall–Kier alpha value is -2.48. The molecular formula is C22H21ClFN3O2S. The van der Waals surface area contributed by atoms with Gasteiger partial charge < -0.3 is 9.64 Å². The van der Waals surface area contributed by atoms with Crippen molar-refractivity contribution in [3.05, 3.63) is 69.8 Å². The van der Waals surface area contributed by atoms with E-state index in [1.807, 2.05) is 10.3 Å². The van der Waals surface area contributed by atoms with Crippen molar-refractivity contribution in [1.29, 1.82) is 0 Å². The normalized spacial score (nSPS) is 14.7. The van der Waals surface area contributed by atoms with Gasteiger partial charge in [0, 0.05) is 42.1 Å². The number of piperazine rings is 1. The summed E-state index contributed by atoms with van der Waals surface area (Å²) in [6, 6.07) is 13.3. The second-order valence-electron chi connectivity index (χ2n) is 7.03. The van der Waals surface area contributed by atoms with Crippen LogP contribution in [-0.4, -0.2) is 53.5 Å². The summed E-state index contributed by atoms with van der Waals surface area (Å²) in [4.78, 5) is 21.2. The van der Waals surface area contributed by atoms with E-state index < -0.39 is 0 Å². The van der Waals surface area contributed by atoms with Crippen LogP contribution in [0.1, 0.15) is 5.01 Å². The average Bonchev–Trinajstić information content (AvgIpc) is 3.22. The van der Waals surface area contributed by atoms with Crippen LogP contribution >= 0.6 is 22.9 Å². The molecule has 30 heavy (non-hydrogen) atoms. The molecule has 0 radical (unpaired) electrons. The van der Waals surface area contributed by atoms with Crippen molar-refractivity contribution in [3.8, 4) is 17.0 Å². The van der Waals surface area contributed by atoms with Gasteiger partial charge >= 0.3 is 0 Å². The molecular weight excluding hydrogens is 425 g/mol. The third kappa shape index (κ3) is 5.36. The molecule has 3 aromatic rings. The average molecular weight is 446 g/mol. The van der Waals surface area contributed by atoms with Crippen molar-refractivity contribution in [2.75, 3.05) is 32.8 Å². The van der Waals surface area contributed by atoms with E-state index in [9.17, 15) is 9.18 Å². The number of aromatic nitrogens is 1. The summed E-state index contributed by atoms with van der Waals surface area (Å²) in [5, 5.41) is 3.64. The van der Waals surface area contributed by atoms with Crippen LogP contribution in [0, 0.1) is 5.82 Å². The van der Waals surface area contributed by atoms with E-state index in [1.54, 1.807) is 47.7 Å². The molecule has 1 saturated heterocycles. The van der Waals surface area contributed by atoms with Gasteiger partial charge in [-0.05, 0) is 48.5 Å². The first-order valence-electron chi connectivity index (χ1n) is 9.66. The molecule has 1 aliphatic heterocycles. The van der Waals surface area contributed by atoms with Crippen LogP contribution in [-0.2, 0) is 11.3 Å². The van der Waals surface area contributed by atoms with E-state index in [2.05, 4.69) is 9.88 Å². The maximum Gasteiger partial charge on any atom is 0.260 e. The number of rotatable bonds is 6. The molecule has 0 saturated carbocycles. The van der Waals surface area contributed by atoms with Gasteiger partial charge in [-0.2, -0.15) is 0 Å². The molecule has 2 aromatic carbocycles. The number of amides is 1. The maximum atomic E-state index is 13.1. The number of carbonyl (C=O) groups excluding carboxylic acids is 1. The zero-order valence-corrected chi connectivity index (χ0v) is 17.8. The summed E-state index contributed by atoms with van der Waals surface area (Å²) < 4.78 is 18.6. The van der Waals surface area contributed by atoms with Gasteiger partial charge in [0.2, 0.25) is 0 Å². The van der Waals surface area contributed by atoms with Crippen LogP contribution in [0.25, 0.3) is 11.3 Å². The van der Waals surface area contributed by atoms with Crippen LogP contribution in [0.2, 0.25) is 5.02 Å². The van der Waals surface area contributed by atoms with Gasteiger partial charge in [-0.25, -0.2) is 9.37 Å². The predicted octanol–water partition coefficient (Wildman–Crippen LogP) is 4.33. The fraction of sp³-hybridized carbons (Fsp3) is 0.273. The number of nitrogens with zero attached hydrogens (tertiary/aromatic N) is 3. The monoisotopic (exact) mass is 445 g/mol. The first-order chi connectivity index (χ1) is 14.6. The van der Waals surface area contributed by atoms with Crippen LogP contribution in [0.15, 0.2) is 53.9 Å². The zero-order chi connectivity index (χ0) is 20.9. The maximum absolute atomic E-state index is 13.1. The Morgan fingerprint density at radius 2 is 1.77 bits per heavy atom. The highest BCUT2D eigenvalue weighted by molar-refractivity contribution is 7.09. The fourth-order valence-corrected chi connectivity index (χ4v) is 4.22. The summed E-state index contributed by atoms with van der Waals surface area (Å²) in [5.41, 5.74) is 1.78. The minimum absolute atomic E-state index is 0.0163. The van der Waals surface area contributed by atoms with Crippen molar-refractivity contribution in [3.63, 3.8) is 0 Å². The standard InChI is InChI=1S/C22H21ClFN3O2S/c23-17-3-7-19(8-4-17)29-14-22(28)27-11-9-26(10-12-27)13-21-25-20(15-30-21)16-1-5-18(24)6-2-16/h1-8,15H,9-14H2. The fourth-order valence-electron chi connectivity index (χ4n) is 3.25. The zero-order valence-electron chi connectivity index (χ0n) is 16.3. The van der Waals surface area contributed by atoms with Gasteiger partial charge in [-0.1, -0.05) is 11.6 Å². The molecule has 4 rings (SSSR count). The summed E-state index contributed by atoms with van der Waals surface area (Å²) in [7, 11) is 0. The van der Waals surface area contributed by atoms with Gasteiger partial charge in [-0.3, -0.25) is 9.69 Å². The second-order valence-corrected chi connectivity index (χ2v) is 8.41. The minimum atomic E-state index is -0.250. The highest BCUT2D eigenvalue weighted by Crippen LogP contribution is 2.23. The molecule has 1 amide bonds. The number of benzene rings is 2. The molecule has 0 aliphatic carbocycles. The topological polar surface area (TPSA) is 45.7 Å². The molecule has 0 atom stereocenters. The van der Waals surface area contributed by atoms with E-state index in [-0.39, 0.29) is 18.3 Å². The number of halogens is 2. The van der Waals surface area contributed by atoms with Crippen molar-refractivity contribution in [2.45, 2.75) is 6.54 Å². The summed E-state index contributed by atoms with van der Waals surface area (Å²) in [6.45, 7) is 3.68. The van der Waals surface area contributed by atoms with E-state index in [1.165, 1.54) is 12.1 Å². The Morgan fingerprint density at radius 3 is 2.47 bits per heavy atom. The highest BCUT2D eigenvalue weighted by Gasteiger charge is 2.22. The van der Waals surface area contributed by atoms with Gasteiger partial charge in [0.15, 0.2) is 6.61 Å². The van der Waals surface area contributed by atoms with Gasteiger partial charge in [0.1, 0.15) is 16.6 Å². The third-order valence-corrected chi connectivity index (χ3v) is 6.04. The molecule has 2 heterocycles. The van der Waals surface area contributed by atoms with Gasteiger partial charge in [0.05, 0.1) is 12.2 Å². The van der Waals surface area contributed by atoms with E-state index >= 15 is 0 Å². The summed E-state index contributed by atoms with van der Waals surface area (Å²) >= 11 is 7.45. The number of carbonyl (C=O) groups is 1. The summed E-state index contributed by atoms with van der Waals surface area (Å²) in [5.74, 6) is 0.366. The smallest absolute Gasteiger partial charge is 0.260 e. The molecule has 156 valence electrons. The largest absolute Gasteiger partial charge is 0.484 e. The number of ether oxygens (including phenoxy) is 1. The number of hydrogen-bond donors (Lipinski definition) is 0. The Kier molecular flexibility index (Phi) is 6.62. The van der Waals surface area contributed by atoms with Gasteiger partial charge in [0.25, 0.3) is 5.91 Å². The third-order valence-electron chi connectivity index (χ3n) is 4.95. The quantitative estimate of drug-likeness (QED) is 0.566. The van der Waals surface area contributed by atoms with Crippen LogP contribution in [0.3, 0.4) is 0 Å². The number of thiazole rings is 1. The molecule has 1 fully saturated rings. The molecule has 1 aliphatic rings. The van der Waals surface area contributed by atoms with Crippen molar-refractivity contribution >= 4 is 28.8 Å². The first-order valence-corrected chi connectivity index (χ1v) is 10.9. The lowest BCUT2D eigenvalue weighted by molar-refractivity contribution is -0.135. The molecule has 0 bridgehead atoms. The summed E-state index contributed by atoms with van der Waals surface area (Å²) in [6.07, 6.45) is 0. The van der Waals surface area contributed by atoms with Crippen molar-refractivity contribution < 1.29 is 13.9 Å². The highest BCUT2D eigenvalue weighted by atomic mass is 35.5. The predicted molar refractivity (Wildman–Crippen MR) is 116 cm³/mol. The molecule has 0 spiro atoms. The van der Waals surface area contributed by atoms with Crippen LogP contribution in [0.4, 0.5) is 4.39 Å². The van der Waals surface area contributed by atoms with Crippen molar-refractivity contribution in [1.82, 2.24) is 14.8 Å². The lowest BCUT2D eigenvalue weighted by Crippen LogP contribution is -2.49. The lowest BCUT2D eigenvalue weighted by Gasteiger charge is -2.34. The SMILES string of the molecule is O=C(COc1ccc(Cl)cc1)N1CCN(Cc2nc(-c3ccc(F)cc3)cs2)CC1. The Labute approximate surface area is 183 Å². The van der Waals surface area contributed by atoms with E-state index in [0.717, 1.165) is 35.9 Å². The molecule has 1 aromatic heterocycles. The van der Waals surface area contributed by atoms with E-state index in [0.29, 0.717) is 23.9 Å². The Balaban J connectivity index is 1.24. The second kappa shape index (κ2) is 9.55. The molecule has 0 N–H and O–H groups in total. The molecule has 5 nitrogen and oxygen atoms in total. The first kappa shape index (κ1) is 20.8. The van der Waals surface area contributed by atoms with Crippen molar-refractivity contribution in [2.24, 2.45) is 0 Å². The van der Waals surface area contributed by atoms with Gasteiger partial charge in [-0.15, -0.1) is 11.3 Å². The Morgan fingerprint density at radius 1 is 1.07 bits per heavy atom.